The van der Waals surface area contributed by atoms with Crippen LogP contribution in [0.4, 0.5) is 0 Å². The Hall–Kier alpha value is -2.30. The molecule has 1 aromatic carbocycles. The van der Waals surface area contributed by atoms with E-state index in [2.05, 4.69) is 16.1 Å². The van der Waals surface area contributed by atoms with E-state index < -0.39 is 11.9 Å². The molecule has 0 radical (unpaired) electrons. The van der Waals surface area contributed by atoms with E-state index in [0.29, 0.717) is 17.5 Å². The lowest BCUT2D eigenvalue weighted by Crippen LogP contribution is -2.16. The quantitative estimate of drug-likeness (QED) is 0.844. The van der Waals surface area contributed by atoms with Gasteiger partial charge in [0.2, 0.25) is 0 Å². The van der Waals surface area contributed by atoms with Gasteiger partial charge in [-0.2, -0.15) is 0 Å². The molecular weight excluding hydrogens is 248 g/mol. The molecule has 0 spiro atoms. The number of aromatic hydroxyl groups is 1. The van der Waals surface area contributed by atoms with Gasteiger partial charge in [-0.25, -0.2) is 9.59 Å². The summed E-state index contributed by atoms with van der Waals surface area (Å²) in [6.45, 7) is 5.45. The zero-order valence-electron chi connectivity index (χ0n) is 11.1. The van der Waals surface area contributed by atoms with Gasteiger partial charge in [-0.1, -0.05) is 19.6 Å². The zero-order valence-corrected chi connectivity index (χ0v) is 11.1. The number of phenolic OH excluding ortho intramolecular Hbond substituents is 1. The molecule has 1 aromatic rings. The van der Waals surface area contributed by atoms with E-state index in [4.69, 9.17) is 0 Å². The van der Waals surface area contributed by atoms with Crippen molar-refractivity contribution in [2.45, 2.75) is 13.3 Å². The molecule has 0 saturated carbocycles. The van der Waals surface area contributed by atoms with E-state index in [1.54, 1.807) is 0 Å². The largest absolute Gasteiger partial charge is 0.507 e. The lowest BCUT2D eigenvalue weighted by molar-refractivity contribution is 0.0551. The van der Waals surface area contributed by atoms with E-state index in [1.165, 1.54) is 26.4 Å². The van der Waals surface area contributed by atoms with E-state index >= 15 is 0 Å². The Labute approximate surface area is 111 Å². The van der Waals surface area contributed by atoms with Gasteiger partial charge in [0.05, 0.1) is 19.8 Å². The second-order valence-corrected chi connectivity index (χ2v) is 3.75. The Kier molecular flexibility index (Phi) is 4.69. The van der Waals surface area contributed by atoms with Crippen LogP contribution >= 0.6 is 0 Å². The van der Waals surface area contributed by atoms with Gasteiger partial charge in [-0.05, 0) is 23.6 Å². The predicted molar refractivity (Wildman–Crippen MR) is 70.3 cm³/mol. The number of esters is 2. The van der Waals surface area contributed by atoms with Crippen LogP contribution in [0.5, 0.6) is 5.75 Å². The van der Waals surface area contributed by atoms with Gasteiger partial charge in [-0.15, -0.1) is 0 Å². The van der Waals surface area contributed by atoms with Gasteiger partial charge < -0.3 is 14.6 Å². The van der Waals surface area contributed by atoms with Crippen LogP contribution in [-0.4, -0.2) is 31.3 Å². The molecule has 0 saturated heterocycles. The molecule has 0 fully saturated rings. The van der Waals surface area contributed by atoms with Crippen LogP contribution in [0, 0.1) is 0 Å². The number of ether oxygens (including phenoxy) is 2. The number of carbonyl (C=O) groups excluding carboxylic acids is 2. The molecule has 102 valence electrons. The number of rotatable bonds is 4. The van der Waals surface area contributed by atoms with E-state index in [0.717, 1.165) is 0 Å². The fourth-order valence-electron chi connectivity index (χ4n) is 1.93. The maximum atomic E-state index is 11.9. The molecule has 0 aliphatic rings. The summed E-state index contributed by atoms with van der Waals surface area (Å²) in [6, 6.07) is 1.38. The number of phenols is 1. The summed E-state index contributed by atoms with van der Waals surface area (Å²) in [5.74, 6) is -1.82. The van der Waals surface area contributed by atoms with Crippen LogP contribution in [0.25, 0.3) is 6.08 Å². The molecule has 0 amide bonds. The van der Waals surface area contributed by atoms with Crippen LogP contribution in [0.1, 0.15) is 38.8 Å². The van der Waals surface area contributed by atoms with Gasteiger partial charge in [0.1, 0.15) is 11.3 Å². The maximum absolute atomic E-state index is 11.9. The number of methoxy groups -OCH3 is 2. The van der Waals surface area contributed by atoms with Gasteiger partial charge in [0.25, 0.3) is 0 Å². The van der Waals surface area contributed by atoms with E-state index in [1.807, 2.05) is 6.92 Å². The number of hydrogen-bond acceptors (Lipinski definition) is 5. The summed E-state index contributed by atoms with van der Waals surface area (Å²) < 4.78 is 9.27. The molecule has 0 aliphatic heterocycles. The minimum atomic E-state index is -0.789. The summed E-state index contributed by atoms with van der Waals surface area (Å²) in [5.41, 5.74) is 0.997. The van der Waals surface area contributed by atoms with Crippen molar-refractivity contribution in [3.8, 4) is 5.75 Å². The molecule has 1 rings (SSSR count). The van der Waals surface area contributed by atoms with Gasteiger partial charge in [0.15, 0.2) is 0 Å². The second-order valence-electron chi connectivity index (χ2n) is 3.75. The van der Waals surface area contributed by atoms with Gasteiger partial charge >= 0.3 is 11.9 Å². The first-order chi connectivity index (χ1) is 9.01. The highest BCUT2D eigenvalue weighted by molar-refractivity contribution is 6.06. The van der Waals surface area contributed by atoms with Crippen LogP contribution in [-0.2, 0) is 15.9 Å². The Morgan fingerprint density at radius 2 is 1.79 bits per heavy atom. The monoisotopic (exact) mass is 264 g/mol. The average Bonchev–Trinajstić information content (AvgIpc) is 2.44. The van der Waals surface area contributed by atoms with Crippen molar-refractivity contribution in [1.82, 2.24) is 0 Å². The zero-order chi connectivity index (χ0) is 14.6. The third kappa shape index (κ3) is 2.59. The molecule has 0 bridgehead atoms. The third-order valence-corrected chi connectivity index (χ3v) is 2.80. The van der Waals surface area contributed by atoms with Crippen LogP contribution in [0.3, 0.4) is 0 Å². The van der Waals surface area contributed by atoms with Crippen molar-refractivity contribution in [3.63, 3.8) is 0 Å². The normalized spacial score (nSPS) is 9.84. The number of carbonyl (C=O) groups is 2. The summed E-state index contributed by atoms with van der Waals surface area (Å²) >= 11 is 0. The Morgan fingerprint density at radius 1 is 1.26 bits per heavy atom. The first-order valence-corrected chi connectivity index (χ1v) is 5.69. The molecule has 0 heterocycles. The van der Waals surface area contributed by atoms with Crippen molar-refractivity contribution in [2.24, 2.45) is 0 Å². The number of hydrogen-bond donors (Lipinski definition) is 1. The Balaban J connectivity index is 3.75. The molecule has 0 aliphatic carbocycles. The minimum Gasteiger partial charge on any atom is -0.507 e. The van der Waals surface area contributed by atoms with Crippen molar-refractivity contribution in [2.75, 3.05) is 14.2 Å². The first kappa shape index (κ1) is 14.8. The molecule has 5 heteroatoms. The first-order valence-electron chi connectivity index (χ1n) is 5.69. The SMILES string of the molecule is C=Cc1cc(O)c(C(=O)OC)c(C(=O)OC)c1CC. The molecule has 0 unspecified atom stereocenters. The van der Waals surface area contributed by atoms with Crippen molar-refractivity contribution in [3.05, 3.63) is 34.9 Å². The molecule has 1 N–H and O–H groups in total. The summed E-state index contributed by atoms with van der Waals surface area (Å²) in [5, 5.41) is 9.91. The summed E-state index contributed by atoms with van der Waals surface area (Å²) in [4.78, 5) is 23.6. The summed E-state index contributed by atoms with van der Waals surface area (Å²) in [7, 11) is 2.39. The van der Waals surface area contributed by atoms with Crippen molar-refractivity contribution < 1.29 is 24.2 Å². The fraction of sp³-hybridized carbons (Fsp3) is 0.286. The molecule has 5 nitrogen and oxygen atoms in total. The van der Waals surface area contributed by atoms with Crippen LogP contribution < -0.4 is 0 Å². The minimum absolute atomic E-state index is 0.0201. The standard InChI is InChI=1S/C14H16O5/c1-5-8-7-10(15)12(14(17)19-4)11(9(8)6-2)13(16)18-3/h5,7,15H,1,6H2,2-4H3. The predicted octanol–water partition coefficient (Wildman–Crippen LogP) is 2.17. The molecule has 0 atom stereocenters. The van der Waals surface area contributed by atoms with E-state index in [-0.39, 0.29) is 16.9 Å². The Morgan fingerprint density at radius 3 is 2.21 bits per heavy atom. The highest BCUT2D eigenvalue weighted by atomic mass is 16.5. The third-order valence-electron chi connectivity index (χ3n) is 2.80. The summed E-state index contributed by atoms with van der Waals surface area (Å²) in [6.07, 6.45) is 1.99. The fourth-order valence-corrected chi connectivity index (χ4v) is 1.93. The highest BCUT2D eigenvalue weighted by Crippen LogP contribution is 2.30. The highest BCUT2D eigenvalue weighted by Gasteiger charge is 2.27. The van der Waals surface area contributed by atoms with E-state index in [9.17, 15) is 14.7 Å². The average molecular weight is 264 g/mol. The van der Waals surface area contributed by atoms with Gasteiger partial charge in [-0.3, -0.25) is 0 Å². The van der Waals surface area contributed by atoms with Gasteiger partial charge in [0, 0.05) is 0 Å². The molecule has 0 aromatic heterocycles. The van der Waals surface area contributed by atoms with Crippen LogP contribution in [0.2, 0.25) is 0 Å². The lowest BCUT2D eigenvalue weighted by Gasteiger charge is -2.15. The number of benzene rings is 1. The second kappa shape index (κ2) is 6.04. The molecular formula is C14H16O5. The maximum Gasteiger partial charge on any atom is 0.342 e. The van der Waals surface area contributed by atoms with Crippen LogP contribution in [0.15, 0.2) is 12.6 Å². The lowest BCUT2D eigenvalue weighted by atomic mass is 9.93. The van der Waals surface area contributed by atoms with Crippen molar-refractivity contribution in [1.29, 1.82) is 0 Å². The topological polar surface area (TPSA) is 72.8 Å². The van der Waals surface area contributed by atoms with Crippen molar-refractivity contribution >= 4 is 18.0 Å². The molecule has 19 heavy (non-hydrogen) atoms. The Bertz CT molecular complexity index is 531. The smallest absolute Gasteiger partial charge is 0.342 e.